The molecule has 0 saturated heterocycles. The number of nitrogens with zero attached hydrogens (tertiary/aromatic N) is 2. The molecule has 48 heavy (non-hydrogen) atoms. The van der Waals surface area contributed by atoms with Gasteiger partial charge in [0.05, 0.1) is 16.5 Å². The van der Waals surface area contributed by atoms with Crippen LogP contribution in [0.2, 0.25) is 0 Å². The van der Waals surface area contributed by atoms with E-state index in [2.05, 4.69) is 83.4 Å². The minimum absolute atomic E-state index is 0.0729. The third-order valence-corrected chi connectivity index (χ3v) is 9.57. The Balaban J connectivity index is 1.25. The normalized spacial score (nSPS) is 12.9. The van der Waals surface area contributed by atoms with E-state index in [-0.39, 0.29) is 29.9 Å². The van der Waals surface area contributed by atoms with Gasteiger partial charge in [0, 0.05) is 33.5 Å². The summed E-state index contributed by atoms with van der Waals surface area (Å²) in [7, 11) is 0. The number of hydrogen-bond acceptors (Lipinski definition) is 1. The Bertz CT molecular complexity index is 2920. The Kier molecular flexibility index (Phi) is 5.08. The summed E-state index contributed by atoms with van der Waals surface area (Å²) in [5, 5.41) is 8.76. The maximum Gasteiger partial charge on any atom is 0.0645 e. The molecule has 2 nitrogen and oxygen atoms in total. The van der Waals surface area contributed by atoms with Crippen LogP contribution in [0, 0.1) is 0 Å². The molecule has 0 saturated carbocycles. The summed E-state index contributed by atoms with van der Waals surface area (Å²) >= 11 is 0. The van der Waals surface area contributed by atoms with Gasteiger partial charge >= 0.3 is 0 Å². The van der Waals surface area contributed by atoms with E-state index in [1.54, 1.807) is 0 Å². The van der Waals surface area contributed by atoms with Crippen LogP contribution in [0.15, 0.2) is 182 Å². The molecule has 9 aromatic carbocycles. The number of rotatable bonds is 5. The van der Waals surface area contributed by atoms with Gasteiger partial charge in [-0.25, -0.2) is 0 Å². The summed E-state index contributed by atoms with van der Waals surface area (Å²) in [5.74, 6) is 0. The number of benzene rings is 9. The van der Waals surface area contributed by atoms with Crippen molar-refractivity contribution in [3.05, 3.63) is 182 Å². The lowest BCUT2D eigenvalue weighted by Crippen LogP contribution is -2.09. The van der Waals surface area contributed by atoms with Crippen LogP contribution in [-0.4, -0.2) is 4.57 Å². The molecule has 0 atom stereocenters. The van der Waals surface area contributed by atoms with Crippen molar-refractivity contribution in [3.63, 3.8) is 0 Å². The zero-order valence-electron chi connectivity index (χ0n) is 29.9. The number of aromatic nitrogens is 1. The molecule has 224 valence electrons. The minimum atomic E-state index is -0.0927. The average Bonchev–Trinajstić information content (AvgIpc) is 3.53. The molecular weight excluding hydrogens is 581 g/mol. The smallest absolute Gasteiger partial charge is 0.0645 e. The first kappa shape index (κ1) is 23.0. The van der Waals surface area contributed by atoms with E-state index >= 15 is 0 Å². The predicted octanol–water partition coefficient (Wildman–Crippen LogP) is 12.8. The second kappa shape index (κ2) is 10.6. The maximum absolute atomic E-state index is 9.43. The van der Waals surface area contributed by atoms with E-state index in [4.69, 9.17) is 0 Å². The molecule has 0 aliphatic heterocycles. The standard InChI is InChI=1S/C46H30N2/c1-4-12-34(13-5-1)47(35-14-6-2-7-15-35)37-25-20-31(21-26-37)38-27-22-32-23-29-41-45-33(24-28-39(38)44(32)45)30-43-46(41)40-18-10-11-19-42(40)48(43)36-16-8-3-9-17-36/h1-30H/i20D,21D,25D,26D. The summed E-state index contributed by atoms with van der Waals surface area (Å²) in [5.41, 5.74) is 6.08. The Hall–Kier alpha value is -6.38. The lowest BCUT2D eigenvalue weighted by molar-refractivity contribution is 1.18. The topological polar surface area (TPSA) is 8.17 Å². The summed E-state index contributed by atoms with van der Waals surface area (Å²) in [4.78, 5) is 1.81. The number of fused-ring (bicyclic) bond motifs is 4. The summed E-state index contributed by atoms with van der Waals surface area (Å²) in [6, 6.07) is 52.7. The number of anilines is 3. The van der Waals surface area contributed by atoms with Gasteiger partial charge in [0.15, 0.2) is 0 Å². The van der Waals surface area contributed by atoms with Crippen LogP contribution in [0.4, 0.5) is 17.1 Å². The van der Waals surface area contributed by atoms with Crippen molar-refractivity contribution in [2.24, 2.45) is 0 Å². The Morgan fingerprint density at radius 3 is 1.73 bits per heavy atom. The van der Waals surface area contributed by atoms with Crippen LogP contribution in [0.1, 0.15) is 5.48 Å². The monoisotopic (exact) mass is 614 g/mol. The Morgan fingerprint density at radius 2 is 1.00 bits per heavy atom. The Labute approximate surface area is 284 Å². The lowest BCUT2D eigenvalue weighted by atomic mass is 9.88. The van der Waals surface area contributed by atoms with Gasteiger partial charge in [-0.1, -0.05) is 121 Å². The molecule has 0 bridgehead atoms. The van der Waals surface area contributed by atoms with Crippen molar-refractivity contribution in [2.75, 3.05) is 4.90 Å². The van der Waals surface area contributed by atoms with Gasteiger partial charge in [-0.2, -0.15) is 0 Å². The van der Waals surface area contributed by atoms with Gasteiger partial charge in [0.25, 0.3) is 0 Å². The molecule has 0 fully saturated rings. The largest absolute Gasteiger partial charge is 0.311 e. The van der Waals surface area contributed by atoms with Gasteiger partial charge in [-0.05, 0) is 104 Å². The van der Waals surface area contributed by atoms with Crippen LogP contribution < -0.4 is 4.90 Å². The fourth-order valence-corrected chi connectivity index (χ4v) is 7.52. The fourth-order valence-electron chi connectivity index (χ4n) is 7.52. The van der Waals surface area contributed by atoms with Crippen molar-refractivity contribution in [1.82, 2.24) is 4.57 Å². The summed E-state index contributed by atoms with van der Waals surface area (Å²) < 4.78 is 39.9. The van der Waals surface area contributed by atoms with E-state index in [0.29, 0.717) is 11.1 Å². The van der Waals surface area contributed by atoms with Crippen LogP contribution in [0.3, 0.4) is 0 Å². The molecule has 0 aliphatic rings. The molecule has 1 aromatic heterocycles. The number of para-hydroxylation sites is 4. The van der Waals surface area contributed by atoms with Crippen LogP contribution in [0.25, 0.3) is 70.9 Å². The molecule has 10 aromatic rings. The SMILES string of the molecule is [2H]c1c([2H])c(N(c2ccccc2)c2ccccc2)c([2H])c([2H])c1-c1ccc2ccc3c4c(ccc1c24)cc1c3c2ccccc2n1-c1ccccc1. The third-order valence-electron chi connectivity index (χ3n) is 9.57. The minimum Gasteiger partial charge on any atom is -0.311 e. The van der Waals surface area contributed by atoms with Crippen molar-refractivity contribution in [2.45, 2.75) is 0 Å². The number of hydrogen-bond donors (Lipinski definition) is 0. The van der Waals surface area contributed by atoms with Crippen LogP contribution in [0.5, 0.6) is 0 Å². The molecule has 0 unspecified atom stereocenters. The van der Waals surface area contributed by atoms with Crippen molar-refractivity contribution in [3.8, 4) is 16.8 Å². The zero-order valence-corrected chi connectivity index (χ0v) is 25.9. The highest BCUT2D eigenvalue weighted by molar-refractivity contribution is 6.34. The predicted molar refractivity (Wildman–Crippen MR) is 205 cm³/mol. The molecule has 1 heterocycles. The van der Waals surface area contributed by atoms with Crippen molar-refractivity contribution in [1.29, 1.82) is 0 Å². The van der Waals surface area contributed by atoms with E-state index in [9.17, 15) is 5.48 Å². The summed E-state index contributed by atoms with van der Waals surface area (Å²) in [6.07, 6.45) is 0. The molecule has 0 N–H and O–H groups in total. The van der Waals surface area contributed by atoms with Crippen molar-refractivity contribution >= 4 is 71.2 Å². The molecule has 0 amide bonds. The first-order chi connectivity index (χ1) is 25.5. The van der Waals surface area contributed by atoms with Gasteiger partial charge in [0.1, 0.15) is 0 Å². The molecule has 0 spiro atoms. The van der Waals surface area contributed by atoms with E-state index in [1.807, 2.05) is 83.8 Å². The molecule has 0 radical (unpaired) electrons. The van der Waals surface area contributed by atoms with E-state index < -0.39 is 0 Å². The van der Waals surface area contributed by atoms with Crippen molar-refractivity contribution < 1.29 is 5.48 Å². The van der Waals surface area contributed by atoms with E-state index in [0.717, 1.165) is 60.4 Å². The molecule has 2 heteroatoms. The van der Waals surface area contributed by atoms with Crippen LogP contribution in [-0.2, 0) is 0 Å². The molecule has 0 aliphatic carbocycles. The second-order valence-corrected chi connectivity index (χ2v) is 12.2. The van der Waals surface area contributed by atoms with Gasteiger partial charge in [-0.15, -0.1) is 0 Å². The second-order valence-electron chi connectivity index (χ2n) is 12.2. The van der Waals surface area contributed by atoms with Gasteiger partial charge in [0.2, 0.25) is 0 Å². The van der Waals surface area contributed by atoms with Gasteiger partial charge < -0.3 is 9.47 Å². The Morgan fingerprint density at radius 1 is 0.417 bits per heavy atom. The highest BCUT2D eigenvalue weighted by atomic mass is 15.1. The van der Waals surface area contributed by atoms with Gasteiger partial charge in [-0.3, -0.25) is 0 Å². The zero-order chi connectivity index (χ0) is 35.1. The average molecular weight is 615 g/mol. The molecular formula is C46H30N2. The lowest BCUT2D eigenvalue weighted by Gasteiger charge is -2.25. The highest BCUT2D eigenvalue weighted by Crippen LogP contribution is 2.45. The van der Waals surface area contributed by atoms with Crippen LogP contribution >= 0.6 is 0 Å². The quantitative estimate of drug-likeness (QED) is 0.175. The first-order valence-electron chi connectivity index (χ1n) is 18.2. The highest BCUT2D eigenvalue weighted by Gasteiger charge is 2.20. The maximum atomic E-state index is 9.43. The van der Waals surface area contributed by atoms with E-state index in [1.165, 1.54) is 10.8 Å². The first-order valence-corrected chi connectivity index (χ1v) is 16.2. The fraction of sp³-hybridized carbons (Fsp3) is 0. The third kappa shape index (κ3) is 4.00. The molecule has 10 rings (SSSR count). The summed E-state index contributed by atoms with van der Waals surface area (Å²) in [6.45, 7) is 0.